The van der Waals surface area contributed by atoms with Crippen LogP contribution in [0.1, 0.15) is 63.3 Å². The van der Waals surface area contributed by atoms with Gasteiger partial charge in [0.15, 0.2) is 11.6 Å². The Morgan fingerprint density at radius 3 is 2.59 bits per heavy atom. The van der Waals surface area contributed by atoms with Crippen molar-refractivity contribution >= 4 is 23.6 Å². The van der Waals surface area contributed by atoms with E-state index in [1.165, 1.54) is 11.0 Å². The van der Waals surface area contributed by atoms with Crippen LogP contribution in [0.2, 0.25) is 5.02 Å². The lowest BCUT2D eigenvalue weighted by Crippen LogP contribution is -2.58. The number of aliphatic hydroxyl groups is 1. The quantitative estimate of drug-likeness (QED) is 0.401. The van der Waals surface area contributed by atoms with Gasteiger partial charge in [-0.3, -0.25) is 9.78 Å². The molecule has 0 unspecified atom stereocenters. The van der Waals surface area contributed by atoms with Gasteiger partial charge in [-0.2, -0.15) is 0 Å². The summed E-state index contributed by atoms with van der Waals surface area (Å²) >= 11 is 6.51. The van der Waals surface area contributed by atoms with E-state index in [4.69, 9.17) is 21.1 Å². The number of likely N-dealkylation sites (tertiary alicyclic amines) is 1. The van der Waals surface area contributed by atoms with Crippen LogP contribution >= 0.6 is 11.6 Å². The molecule has 8 nitrogen and oxygen atoms in total. The number of carbonyl (C=O) groups excluding carboxylic acids is 2. The topological polar surface area (TPSA) is 92.2 Å². The van der Waals surface area contributed by atoms with Crippen LogP contribution in [0.3, 0.4) is 0 Å². The first-order valence-corrected chi connectivity index (χ1v) is 14.3. The predicted octanol–water partition coefficient (Wildman–Crippen LogP) is 5.23. The van der Waals surface area contributed by atoms with E-state index in [1.54, 1.807) is 39.0 Å². The van der Waals surface area contributed by atoms with Crippen LogP contribution in [-0.4, -0.2) is 70.3 Å². The maximum Gasteiger partial charge on any atom is 0.410 e. The summed E-state index contributed by atoms with van der Waals surface area (Å²) in [5.74, 6) is -3.74. The van der Waals surface area contributed by atoms with Gasteiger partial charge in [0.2, 0.25) is 5.91 Å². The summed E-state index contributed by atoms with van der Waals surface area (Å²) in [4.78, 5) is 34.8. The molecule has 1 aliphatic carbocycles. The Kier molecular flexibility index (Phi) is 9.56. The average molecular weight is 594 g/mol. The Hall–Kier alpha value is -2.82. The molecule has 2 amide bonds. The van der Waals surface area contributed by atoms with E-state index in [0.717, 1.165) is 37.1 Å². The number of hydrogen-bond donors (Lipinski definition) is 1. The largest absolute Gasteiger partial charge is 0.444 e. The van der Waals surface area contributed by atoms with Gasteiger partial charge >= 0.3 is 6.09 Å². The second kappa shape index (κ2) is 12.6. The summed E-state index contributed by atoms with van der Waals surface area (Å²) in [6, 6.07) is 4.94. The van der Waals surface area contributed by atoms with Gasteiger partial charge in [-0.15, -0.1) is 0 Å². The summed E-state index contributed by atoms with van der Waals surface area (Å²) in [7, 11) is 1.64. The number of ether oxygens (including phenoxy) is 2. The Labute approximate surface area is 244 Å². The van der Waals surface area contributed by atoms with Crippen LogP contribution in [0.25, 0.3) is 0 Å². The molecule has 1 saturated heterocycles. The maximum absolute atomic E-state index is 14.3. The van der Waals surface area contributed by atoms with E-state index in [-0.39, 0.29) is 37.7 Å². The third kappa shape index (κ3) is 7.53. The zero-order chi connectivity index (χ0) is 29.9. The fourth-order valence-corrected chi connectivity index (χ4v) is 5.33. The number of aromatic nitrogens is 1. The molecule has 0 spiro atoms. The minimum atomic E-state index is -1.84. The van der Waals surface area contributed by atoms with Crippen molar-refractivity contribution < 1.29 is 33.0 Å². The molecule has 0 bridgehead atoms. The molecule has 1 aromatic carbocycles. The fraction of sp³-hybridized carbons (Fsp3) is 0.567. The highest BCUT2D eigenvalue weighted by Gasteiger charge is 2.51. The lowest BCUT2D eigenvalue weighted by molar-refractivity contribution is -0.155. The zero-order valence-corrected chi connectivity index (χ0v) is 24.7. The fourth-order valence-electron chi connectivity index (χ4n) is 5.17. The number of halogens is 3. The summed E-state index contributed by atoms with van der Waals surface area (Å²) in [5, 5.41) is 12.4. The molecule has 4 rings (SSSR count). The van der Waals surface area contributed by atoms with Crippen molar-refractivity contribution in [2.45, 2.75) is 76.7 Å². The molecule has 1 N–H and O–H groups in total. The van der Waals surface area contributed by atoms with Crippen LogP contribution < -0.4 is 0 Å². The molecule has 2 heterocycles. The summed E-state index contributed by atoms with van der Waals surface area (Å²) in [6.07, 6.45) is 3.91. The molecule has 41 heavy (non-hydrogen) atoms. The minimum Gasteiger partial charge on any atom is -0.444 e. The van der Waals surface area contributed by atoms with Gasteiger partial charge in [0.1, 0.15) is 11.2 Å². The van der Waals surface area contributed by atoms with E-state index in [2.05, 4.69) is 4.98 Å². The number of hydrogen-bond acceptors (Lipinski definition) is 6. The molecule has 2 aromatic rings. The second-order valence-electron chi connectivity index (χ2n) is 11.8. The van der Waals surface area contributed by atoms with Crippen LogP contribution in [-0.2, 0) is 32.8 Å². The number of amides is 2. The number of methoxy groups -OCH3 is 1. The van der Waals surface area contributed by atoms with Crippen LogP contribution in [0.5, 0.6) is 0 Å². The smallest absolute Gasteiger partial charge is 0.410 e. The normalized spacial score (nSPS) is 21.1. The first-order chi connectivity index (χ1) is 19.3. The van der Waals surface area contributed by atoms with Gasteiger partial charge in [-0.25, -0.2) is 13.6 Å². The number of nitrogens with zero attached hydrogens (tertiary/aromatic N) is 3. The van der Waals surface area contributed by atoms with Crippen molar-refractivity contribution in [3.63, 3.8) is 0 Å². The number of aryl methyl sites for hydroxylation is 1. The Morgan fingerprint density at radius 1 is 1.22 bits per heavy atom. The van der Waals surface area contributed by atoms with Crippen molar-refractivity contribution in [3.8, 4) is 0 Å². The highest BCUT2D eigenvalue weighted by Crippen LogP contribution is 2.42. The first kappa shape index (κ1) is 31.1. The van der Waals surface area contributed by atoms with Crippen molar-refractivity contribution in [1.29, 1.82) is 0 Å². The van der Waals surface area contributed by atoms with E-state index >= 15 is 0 Å². The zero-order valence-electron chi connectivity index (χ0n) is 24.0. The number of rotatable bonds is 9. The van der Waals surface area contributed by atoms with Crippen molar-refractivity contribution in [3.05, 3.63) is 63.9 Å². The minimum absolute atomic E-state index is 0.0636. The summed E-state index contributed by atoms with van der Waals surface area (Å²) < 4.78 is 38.8. The van der Waals surface area contributed by atoms with Crippen LogP contribution in [0, 0.1) is 17.6 Å². The number of carbonyl (C=O) groups is 2. The monoisotopic (exact) mass is 593 g/mol. The predicted molar refractivity (Wildman–Crippen MR) is 149 cm³/mol. The van der Waals surface area contributed by atoms with Crippen molar-refractivity contribution in [1.82, 2.24) is 14.8 Å². The van der Waals surface area contributed by atoms with Crippen molar-refractivity contribution in [2.75, 3.05) is 26.8 Å². The first-order valence-electron chi connectivity index (χ1n) is 13.9. The van der Waals surface area contributed by atoms with Gasteiger partial charge in [0.05, 0.1) is 10.9 Å². The number of pyridine rings is 1. The highest BCUT2D eigenvalue weighted by atomic mass is 35.5. The summed E-state index contributed by atoms with van der Waals surface area (Å²) in [5.41, 5.74) is -0.993. The van der Waals surface area contributed by atoms with Crippen LogP contribution in [0.4, 0.5) is 13.6 Å². The number of benzene rings is 1. The molecule has 1 aliphatic heterocycles. The SMILES string of the molecule is COCCCc1cc(CN(C(=O)[C@H]2CN(C(=O)OC(C)(C)C)CC[C@]2(O)c2ccc(F)c(F)c2)C2CC2)c(Cl)cn1. The second-order valence-corrected chi connectivity index (χ2v) is 12.3. The molecule has 2 atom stereocenters. The van der Waals surface area contributed by atoms with Gasteiger partial charge in [-0.1, -0.05) is 17.7 Å². The van der Waals surface area contributed by atoms with E-state index in [1.807, 2.05) is 6.07 Å². The van der Waals surface area contributed by atoms with Crippen molar-refractivity contribution in [2.24, 2.45) is 5.92 Å². The molecule has 2 fully saturated rings. The Morgan fingerprint density at radius 2 is 1.95 bits per heavy atom. The van der Waals surface area contributed by atoms with Gasteiger partial charge < -0.3 is 24.4 Å². The molecule has 224 valence electrons. The molecule has 1 saturated carbocycles. The molecule has 0 radical (unpaired) electrons. The molecular weight excluding hydrogens is 556 g/mol. The third-order valence-electron chi connectivity index (χ3n) is 7.50. The van der Waals surface area contributed by atoms with Gasteiger partial charge in [0, 0.05) is 51.3 Å². The molecular formula is C30H38ClF2N3O5. The molecule has 2 aliphatic rings. The standard InChI is InChI=1S/C30H38ClF2N3O5/c1-29(2,3)41-28(38)35-12-11-30(39,20-7-10-25(32)26(33)15-20)23(18-35)27(37)36(22-8-9-22)17-19-14-21(6-5-13-40-4)34-16-24(19)31/h7,10,14-16,22-23,39H,5-6,8-9,11-13,17-18H2,1-4H3/t23-,30+/m1/s1. The maximum atomic E-state index is 14.3. The number of piperidine rings is 1. The third-order valence-corrected chi connectivity index (χ3v) is 7.84. The van der Waals surface area contributed by atoms with E-state index in [9.17, 15) is 23.5 Å². The van der Waals surface area contributed by atoms with E-state index < -0.39 is 40.8 Å². The van der Waals surface area contributed by atoms with Gasteiger partial charge in [-0.05, 0) is 82.2 Å². The van der Waals surface area contributed by atoms with Crippen LogP contribution in [0.15, 0.2) is 30.5 Å². The highest BCUT2D eigenvalue weighted by molar-refractivity contribution is 6.31. The molecule has 1 aromatic heterocycles. The molecule has 11 heteroatoms. The lowest BCUT2D eigenvalue weighted by Gasteiger charge is -2.45. The van der Waals surface area contributed by atoms with E-state index in [0.29, 0.717) is 23.6 Å². The lowest BCUT2D eigenvalue weighted by atomic mass is 9.75. The average Bonchev–Trinajstić information content (AvgIpc) is 3.74. The Bertz CT molecular complexity index is 1270. The van der Waals surface area contributed by atoms with Gasteiger partial charge in [0.25, 0.3) is 0 Å². The summed E-state index contributed by atoms with van der Waals surface area (Å²) in [6.45, 7) is 5.91. The Balaban J connectivity index is 1.66.